The van der Waals surface area contributed by atoms with E-state index in [9.17, 15) is 13.6 Å². The fourth-order valence-electron chi connectivity index (χ4n) is 3.56. The number of nitrogens with zero attached hydrogens (tertiary/aromatic N) is 1. The van der Waals surface area contributed by atoms with Gasteiger partial charge in [0.2, 0.25) is 0 Å². The molecular formula is C16H16F2N2OS. The maximum absolute atomic E-state index is 13.7. The monoisotopic (exact) mass is 322 g/mol. The van der Waals surface area contributed by atoms with Crippen molar-refractivity contribution in [3.63, 3.8) is 0 Å². The lowest BCUT2D eigenvalue weighted by molar-refractivity contribution is 0.0622. The number of hydrogen-bond acceptors (Lipinski definition) is 3. The van der Waals surface area contributed by atoms with E-state index in [1.165, 1.54) is 6.07 Å². The van der Waals surface area contributed by atoms with Gasteiger partial charge in [-0.15, -0.1) is 11.3 Å². The smallest absolute Gasteiger partial charge is 0.261 e. The number of benzene rings is 1. The number of carbonyl (C=O) groups is 1. The molecule has 1 aromatic carbocycles. The van der Waals surface area contributed by atoms with Crippen molar-refractivity contribution in [2.75, 3.05) is 19.6 Å². The fourth-order valence-corrected chi connectivity index (χ4v) is 4.51. The van der Waals surface area contributed by atoms with Gasteiger partial charge in [0.15, 0.2) is 0 Å². The van der Waals surface area contributed by atoms with Crippen molar-refractivity contribution in [2.24, 2.45) is 5.92 Å². The Kier molecular flexibility index (Phi) is 3.38. The van der Waals surface area contributed by atoms with Gasteiger partial charge in [0, 0.05) is 18.7 Å². The Morgan fingerprint density at radius 1 is 1.23 bits per heavy atom. The number of piperidine rings is 3. The molecule has 5 rings (SSSR count). The number of fused-ring (bicyclic) bond motifs is 4. The van der Waals surface area contributed by atoms with Gasteiger partial charge in [-0.1, -0.05) is 0 Å². The van der Waals surface area contributed by atoms with Gasteiger partial charge in [-0.2, -0.15) is 0 Å². The van der Waals surface area contributed by atoms with Crippen molar-refractivity contribution >= 4 is 27.3 Å². The Balaban J connectivity index is 1.56. The summed E-state index contributed by atoms with van der Waals surface area (Å²) in [5.74, 6) is -0.869. The van der Waals surface area contributed by atoms with Crippen LogP contribution >= 0.6 is 11.3 Å². The predicted molar refractivity (Wildman–Crippen MR) is 82.2 cm³/mol. The lowest BCUT2D eigenvalue weighted by Gasteiger charge is -2.44. The van der Waals surface area contributed by atoms with Crippen LogP contribution in [0.5, 0.6) is 0 Å². The number of rotatable bonds is 2. The highest BCUT2D eigenvalue weighted by molar-refractivity contribution is 7.20. The molecule has 1 N–H and O–H groups in total. The first-order valence-corrected chi connectivity index (χ1v) is 8.33. The summed E-state index contributed by atoms with van der Waals surface area (Å²) in [6.45, 7) is 3.12. The molecule has 0 spiro atoms. The number of thiophene rings is 1. The van der Waals surface area contributed by atoms with Crippen LogP contribution in [0.1, 0.15) is 22.5 Å². The summed E-state index contributed by atoms with van der Waals surface area (Å²) in [5, 5.41) is 3.52. The molecule has 6 heteroatoms. The van der Waals surface area contributed by atoms with Crippen molar-refractivity contribution in [3.05, 3.63) is 34.7 Å². The molecule has 2 bridgehead atoms. The van der Waals surface area contributed by atoms with Gasteiger partial charge in [-0.3, -0.25) is 4.79 Å². The molecule has 0 aliphatic carbocycles. The molecule has 4 heterocycles. The van der Waals surface area contributed by atoms with Crippen molar-refractivity contribution in [1.82, 2.24) is 10.2 Å². The zero-order chi connectivity index (χ0) is 15.3. The third kappa shape index (κ3) is 2.40. The molecule has 0 saturated carbocycles. The van der Waals surface area contributed by atoms with Crippen LogP contribution in [0.2, 0.25) is 0 Å². The summed E-state index contributed by atoms with van der Waals surface area (Å²) in [6.07, 6.45) is 2.24. The molecule has 1 unspecified atom stereocenters. The molecule has 1 aromatic heterocycles. The molecule has 3 aliphatic rings. The van der Waals surface area contributed by atoms with Crippen molar-refractivity contribution in [3.8, 4) is 0 Å². The van der Waals surface area contributed by atoms with Gasteiger partial charge in [0.25, 0.3) is 5.91 Å². The minimum Gasteiger partial charge on any atom is -0.347 e. The Morgan fingerprint density at radius 2 is 2.00 bits per heavy atom. The minimum absolute atomic E-state index is 0.168. The Labute approximate surface area is 130 Å². The van der Waals surface area contributed by atoms with Crippen LogP contribution < -0.4 is 5.32 Å². The van der Waals surface area contributed by atoms with Crippen LogP contribution in [0.4, 0.5) is 8.78 Å². The summed E-state index contributed by atoms with van der Waals surface area (Å²) >= 11 is 1.08. The van der Waals surface area contributed by atoms with Crippen LogP contribution in [0.25, 0.3) is 10.1 Å². The Hall–Kier alpha value is -1.53. The van der Waals surface area contributed by atoms with Gasteiger partial charge in [-0.05, 0) is 49.4 Å². The van der Waals surface area contributed by atoms with E-state index in [1.807, 2.05) is 0 Å². The topological polar surface area (TPSA) is 32.3 Å². The zero-order valence-electron chi connectivity index (χ0n) is 11.9. The normalized spacial score (nSPS) is 27.3. The molecule has 3 fully saturated rings. The standard InChI is InChI=1S/C16H16F2N2OS/c17-11-5-10-6-14(22-15(10)12(18)7-11)16(21)19-13-8-20-3-1-9(13)2-4-20/h5-7,9,13H,1-4,8H2,(H,19,21). The van der Waals surface area contributed by atoms with Gasteiger partial charge in [0.05, 0.1) is 9.58 Å². The third-order valence-electron chi connectivity index (χ3n) is 4.73. The molecule has 1 amide bonds. The van der Waals surface area contributed by atoms with Crippen LogP contribution in [0.3, 0.4) is 0 Å². The summed E-state index contributed by atoms with van der Waals surface area (Å²) in [7, 11) is 0. The highest BCUT2D eigenvalue weighted by Gasteiger charge is 2.35. The summed E-state index contributed by atoms with van der Waals surface area (Å²) in [5.41, 5.74) is 0. The maximum Gasteiger partial charge on any atom is 0.261 e. The lowest BCUT2D eigenvalue weighted by Crippen LogP contribution is -2.57. The molecule has 1 atom stereocenters. The van der Waals surface area contributed by atoms with E-state index in [-0.39, 0.29) is 11.9 Å². The molecule has 116 valence electrons. The number of nitrogens with one attached hydrogen (secondary N) is 1. The second-order valence-corrected chi connectivity index (χ2v) is 7.19. The SMILES string of the molecule is O=C(NC1CN2CCC1CC2)c1cc2cc(F)cc(F)c2s1. The van der Waals surface area contributed by atoms with E-state index in [2.05, 4.69) is 10.2 Å². The van der Waals surface area contributed by atoms with E-state index in [4.69, 9.17) is 0 Å². The molecule has 22 heavy (non-hydrogen) atoms. The van der Waals surface area contributed by atoms with E-state index in [1.54, 1.807) is 6.07 Å². The number of hydrogen-bond donors (Lipinski definition) is 1. The lowest BCUT2D eigenvalue weighted by atomic mass is 9.84. The second kappa shape index (κ2) is 5.28. The second-order valence-electron chi connectivity index (χ2n) is 6.13. The summed E-state index contributed by atoms with van der Waals surface area (Å²) < 4.78 is 27.3. The van der Waals surface area contributed by atoms with Crippen LogP contribution in [-0.2, 0) is 0 Å². The third-order valence-corrected chi connectivity index (χ3v) is 5.89. The number of carbonyl (C=O) groups excluding carboxylic acids is 1. The van der Waals surface area contributed by atoms with Crippen LogP contribution in [-0.4, -0.2) is 36.5 Å². The van der Waals surface area contributed by atoms with E-state index in [0.717, 1.165) is 49.9 Å². The number of halogens is 2. The minimum atomic E-state index is -0.618. The summed E-state index contributed by atoms with van der Waals surface area (Å²) in [6, 6.07) is 3.86. The number of amides is 1. The zero-order valence-corrected chi connectivity index (χ0v) is 12.8. The first kappa shape index (κ1) is 14.1. The highest BCUT2D eigenvalue weighted by Crippen LogP contribution is 2.31. The summed E-state index contributed by atoms with van der Waals surface area (Å²) in [4.78, 5) is 15.2. The molecule has 3 saturated heterocycles. The highest BCUT2D eigenvalue weighted by atomic mass is 32.1. The van der Waals surface area contributed by atoms with Crippen molar-refractivity contribution in [1.29, 1.82) is 0 Å². The van der Waals surface area contributed by atoms with E-state index < -0.39 is 11.6 Å². The Bertz CT molecular complexity index is 737. The van der Waals surface area contributed by atoms with Crippen LogP contribution in [0, 0.1) is 17.6 Å². The fraction of sp³-hybridized carbons (Fsp3) is 0.438. The molecule has 3 aliphatic heterocycles. The van der Waals surface area contributed by atoms with Crippen LogP contribution in [0.15, 0.2) is 18.2 Å². The van der Waals surface area contributed by atoms with Gasteiger partial charge in [-0.25, -0.2) is 8.78 Å². The molecule has 2 aromatic rings. The first-order chi connectivity index (χ1) is 10.6. The van der Waals surface area contributed by atoms with Gasteiger partial charge in [0.1, 0.15) is 11.6 Å². The van der Waals surface area contributed by atoms with Gasteiger partial charge >= 0.3 is 0 Å². The first-order valence-electron chi connectivity index (χ1n) is 7.52. The van der Waals surface area contributed by atoms with Crippen molar-refractivity contribution in [2.45, 2.75) is 18.9 Å². The molecular weight excluding hydrogens is 306 g/mol. The average molecular weight is 322 g/mol. The molecule has 3 nitrogen and oxygen atoms in total. The maximum atomic E-state index is 13.7. The van der Waals surface area contributed by atoms with E-state index >= 15 is 0 Å². The molecule has 0 radical (unpaired) electrons. The van der Waals surface area contributed by atoms with Crippen molar-refractivity contribution < 1.29 is 13.6 Å². The average Bonchev–Trinajstić information content (AvgIpc) is 2.93. The van der Waals surface area contributed by atoms with E-state index in [0.29, 0.717) is 20.9 Å². The largest absolute Gasteiger partial charge is 0.347 e. The Morgan fingerprint density at radius 3 is 2.68 bits per heavy atom. The quantitative estimate of drug-likeness (QED) is 0.922. The predicted octanol–water partition coefficient (Wildman–Crippen LogP) is 3.00. The van der Waals surface area contributed by atoms with Gasteiger partial charge < -0.3 is 10.2 Å².